The number of carboxylic acid groups (broad SMARTS) is 1. The van der Waals surface area contributed by atoms with Crippen molar-refractivity contribution in [3.05, 3.63) is 0 Å². The van der Waals surface area contributed by atoms with Crippen molar-refractivity contribution in [2.45, 2.75) is 58.5 Å². The van der Waals surface area contributed by atoms with Gasteiger partial charge in [0.05, 0.1) is 12.0 Å². The van der Waals surface area contributed by atoms with Crippen LogP contribution in [0.25, 0.3) is 0 Å². The molecular formula is C15H24N2O3. The van der Waals surface area contributed by atoms with Crippen LogP contribution in [0.2, 0.25) is 0 Å². The van der Waals surface area contributed by atoms with E-state index < -0.39 is 5.97 Å². The molecule has 0 aliphatic heterocycles. The van der Waals surface area contributed by atoms with Gasteiger partial charge in [-0.15, -0.1) is 6.42 Å². The van der Waals surface area contributed by atoms with E-state index in [4.69, 9.17) is 11.5 Å². The van der Waals surface area contributed by atoms with E-state index in [1.54, 1.807) is 0 Å². The zero-order valence-corrected chi connectivity index (χ0v) is 12.4. The summed E-state index contributed by atoms with van der Waals surface area (Å²) in [5.41, 5.74) is -0.201. The quantitative estimate of drug-likeness (QED) is 0.692. The Morgan fingerprint density at radius 1 is 1.25 bits per heavy atom. The normalized spacial score (nSPS) is 24.3. The molecule has 0 bridgehead atoms. The molecule has 0 aromatic rings. The summed E-state index contributed by atoms with van der Waals surface area (Å²) in [7, 11) is 0. The molecular weight excluding hydrogens is 256 g/mol. The molecule has 5 heteroatoms. The number of nitrogens with one attached hydrogen (secondary N) is 2. The topological polar surface area (TPSA) is 78.4 Å². The Labute approximate surface area is 120 Å². The minimum atomic E-state index is -0.743. The van der Waals surface area contributed by atoms with Crippen LogP contribution in [0, 0.1) is 23.7 Å². The Morgan fingerprint density at radius 2 is 1.80 bits per heavy atom. The van der Waals surface area contributed by atoms with E-state index in [1.165, 1.54) is 0 Å². The van der Waals surface area contributed by atoms with Crippen molar-refractivity contribution >= 4 is 12.0 Å². The van der Waals surface area contributed by atoms with Gasteiger partial charge in [-0.1, -0.05) is 26.7 Å². The largest absolute Gasteiger partial charge is 0.481 e. The first kappa shape index (κ1) is 16.4. The fraction of sp³-hybridized carbons (Fsp3) is 0.733. The number of hydrogen-bond donors (Lipinski definition) is 3. The maximum Gasteiger partial charge on any atom is 0.316 e. The molecule has 0 spiro atoms. The van der Waals surface area contributed by atoms with E-state index in [0.717, 1.165) is 0 Å². The molecule has 0 radical (unpaired) electrons. The summed E-state index contributed by atoms with van der Waals surface area (Å²) in [6, 6.07) is -0.580. The first-order chi connectivity index (χ1) is 9.24. The number of carboxylic acids is 1. The van der Waals surface area contributed by atoms with E-state index in [2.05, 4.69) is 16.6 Å². The Hall–Kier alpha value is -1.70. The number of aliphatic carboxylic acids is 1. The lowest BCUT2D eigenvalue weighted by atomic mass is 9.86. The fourth-order valence-electron chi connectivity index (χ4n) is 2.35. The molecule has 1 aliphatic rings. The van der Waals surface area contributed by atoms with E-state index >= 15 is 0 Å². The highest BCUT2D eigenvalue weighted by atomic mass is 16.4. The molecule has 1 rings (SSSR count). The van der Waals surface area contributed by atoms with Gasteiger partial charge in [0.1, 0.15) is 0 Å². The third-order valence-corrected chi connectivity index (χ3v) is 3.72. The first-order valence-corrected chi connectivity index (χ1v) is 7.00. The number of amides is 2. The monoisotopic (exact) mass is 280 g/mol. The molecule has 0 heterocycles. The minimum Gasteiger partial charge on any atom is -0.481 e. The predicted octanol–water partition coefficient (Wildman–Crippen LogP) is 1.98. The van der Waals surface area contributed by atoms with Crippen molar-refractivity contribution in [2.24, 2.45) is 11.3 Å². The highest BCUT2D eigenvalue weighted by molar-refractivity contribution is 5.75. The third kappa shape index (κ3) is 4.76. The van der Waals surface area contributed by atoms with Gasteiger partial charge in [-0.05, 0) is 31.1 Å². The maximum atomic E-state index is 11.9. The van der Waals surface area contributed by atoms with Crippen LogP contribution in [0.5, 0.6) is 0 Å². The van der Waals surface area contributed by atoms with Crippen LogP contribution in [0.15, 0.2) is 0 Å². The SMILES string of the molecule is C#CC(NC(=O)NC1CCC(C(=O)O)CC1)C(C)(C)C. The third-order valence-electron chi connectivity index (χ3n) is 3.72. The van der Waals surface area contributed by atoms with Crippen molar-refractivity contribution in [1.29, 1.82) is 0 Å². The highest BCUT2D eigenvalue weighted by Gasteiger charge is 2.28. The van der Waals surface area contributed by atoms with Crippen LogP contribution in [-0.4, -0.2) is 29.2 Å². The highest BCUT2D eigenvalue weighted by Crippen LogP contribution is 2.24. The van der Waals surface area contributed by atoms with E-state index in [1.807, 2.05) is 20.8 Å². The molecule has 1 unspecified atom stereocenters. The van der Waals surface area contributed by atoms with Gasteiger partial charge in [0.15, 0.2) is 0 Å². The van der Waals surface area contributed by atoms with E-state index in [9.17, 15) is 9.59 Å². The zero-order valence-electron chi connectivity index (χ0n) is 12.4. The number of rotatable bonds is 3. The second kappa shape index (κ2) is 6.65. The summed E-state index contributed by atoms with van der Waals surface area (Å²) in [5.74, 6) is 1.57. The van der Waals surface area contributed by atoms with Crippen LogP contribution in [0.4, 0.5) is 4.79 Å². The van der Waals surface area contributed by atoms with Crippen LogP contribution in [0.1, 0.15) is 46.5 Å². The molecule has 20 heavy (non-hydrogen) atoms. The lowest BCUT2D eigenvalue weighted by molar-refractivity contribution is -0.142. The van der Waals surface area contributed by atoms with Crippen molar-refractivity contribution in [3.63, 3.8) is 0 Å². The minimum absolute atomic E-state index is 0.0315. The number of hydrogen-bond acceptors (Lipinski definition) is 2. The Bertz CT molecular complexity index is 398. The summed E-state index contributed by atoms with van der Waals surface area (Å²) in [6.45, 7) is 5.90. The van der Waals surface area contributed by atoms with Crippen molar-refractivity contribution in [2.75, 3.05) is 0 Å². The molecule has 1 saturated carbocycles. The Morgan fingerprint density at radius 3 is 2.20 bits per heavy atom. The standard InChI is InChI=1S/C15H24N2O3/c1-5-12(15(2,3)4)17-14(20)16-11-8-6-10(7-9-11)13(18)19/h1,10-12H,6-9H2,2-4H3,(H,18,19)(H2,16,17,20). The van der Waals surface area contributed by atoms with Crippen molar-refractivity contribution < 1.29 is 14.7 Å². The fourth-order valence-corrected chi connectivity index (χ4v) is 2.35. The van der Waals surface area contributed by atoms with Gasteiger partial charge >= 0.3 is 12.0 Å². The number of urea groups is 1. The average Bonchev–Trinajstić information content (AvgIpc) is 2.35. The lowest BCUT2D eigenvalue weighted by Gasteiger charge is -2.30. The Kier molecular flexibility index (Phi) is 5.43. The molecule has 0 aromatic heterocycles. The molecule has 1 fully saturated rings. The van der Waals surface area contributed by atoms with E-state index in [-0.39, 0.29) is 29.4 Å². The second-order valence-electron chi connectivity index (χ2n) is 6.47. The maximum absolute atomic E-state index is 11.9. The molecule has 1 atom stereocenters. The van der Waals surface area contributed by atoms with Crippen LogP contribution in [0.3, 0.4) is 0 Å². The molecule has 5 nitrogen and oxygen atoms in total. The van der Waals surface area contributed by atoms with Crippen molar-refractivity contribution in [3.8, 4) is 12.3 Å². The van der Waals surface area contributed by atoms with Crippen molar-refractivity contribution in [1.82, 2.24) is 10.6 Å². The smallest absolute Gasteiger partial charge is 0.316 e. The molecule has 3 N–H and O–H groups in total. The number of terminal acetylenes is 1. The number of carbonyl (C=O) groups excluding carboxylic acids is 1. The summed E-state index contributed by atoms with van der Waals surface area (Å²) >= 11 is 0. The van der Waals surface area contributed by atoms with Gasteiger partial charge in [0, 0.05) is 6.04 Å². The first-order valence-electron chi connectivity index (χ1n) is 7.00. The molecule has 1 aliphatic carbocycles. The molecule has 0 aromatic carbocycles. The van der Waals surface area contributed by atoms with Gasteiger partial charge in [-0.2, -0.15) is 0 Å². The molecule has 2 amide bonds. The van der Waals surface area contributed by atoms with Gasteiger partial charge < -0.3 is 15.7 Å². The lowest BCUT2D eigenvalue weighted by Crippen LogP contribution is -2.50. The molecule has 112 valence electrons. The van der Waals surface area contributed by atoms with Gasteiger partial charge in [-0.3, -0.25) is 4.79 Å². The Balaban J connectivity index is 2.41. The zero-order chi connectivity index (χ0) is 15.3. The second-order valence-corrected chi connectivity index (χ2v) is 6.47. The van der Waals surface area contributed by atoms with Crippen LogP contribution >= 0.6 is 0 Å². The molecule has 0 saturated heterocycles. The average molecular weight is 280 g/mol. The summed E-state index contributed by atoms with van der Waals surface area (Å²) in [5, 5.41) is 14.6. The van der Waals surface area contributed by atoms with Gasteiger partial charge in [-0.25, -0.2) is 4.79 Å². The summed E-state index contributed by atoms with van der Waals surface area (Å²) < 4.78 is 0. The number of carbonyl (C=O) groups is 2. The van der Waals surface area contributed by atoms with E-state index in [0.29, 0.717) is 25.7 Å². The van der Waals surface area contributed by atoms with Crippen LogP contribution < -0.4 is 10.6 Å². The predicted molar refractivity (Wildman–Crippen MR) is 77.1 cm³/mol. The van der Waals surface area contributed by atoms with Gasteiger partial charge in [0.25, 0.3) is 0 Å². The summed E-state index contributed by atoms with van der Waals surface area (Å²) in [6.07, 6.45) is 8.04. The summed E-state index contributed by atoms with van der Waals surface area (Å²) in [4.78, 5) is 22.8. The van der Waals surface area contributed by atoms with Gasteiger partial charge in [0.2, 0.25) is 0 Å². The van der Waals surface area contributed by atoms with Crippen LogP contribution in [-0.2, 0) is 4.79 Å².